The maximum atomic E-state index is 13.4. The van der Waals surface area contributed by atoms with Gasteiger partial charge in [0.1, 0.15) is 5.82 Å². The fraction of sp³-hybridized carbons (Fsp3) is 0.611. The first-order chi connectivity index (χ1) is 10.3. The van der Waals surface area contributed by atoms with Gasteiger partial charge in [-0.3, -0.25) is 4.79 Å². The van der Waals surface area contributed by atoms with Crippen molar-refractivity contribution in [1.82, 2.24) is 5.32 Å². The van der Waals surface area contributed by atoms with Crippen molar-refractivity contribution in [2.24, 2.45) is 0 Å². The van der Waals surface area contributed by atoms with Gasteiger partial charge in [-0.1, -0.05) is 70.4 Å². The maximum Gasteiger partial charge on any atom is 0.254 e. The summed E-state index contributed by atoms with van der Waals surface area (Å²) in [6.45, 7) is 2.86. The summed E-state index contributed by atoms with van der Waals surface area (Å²) in [5.41, 5.74) is 0.133. The normalized spacial score (nSPS) is 10.6. The van der Waals surface area contributed by atoms with Gasteiger partial charge in [-0.25, -0.2) is 4.39 Å². The van der Waals surface area contributed by atoms with Crippen LogP contribution in [0.2, 0.25) is 0 Å². The second-order valence-corrected chi connectivity index (χ2v) is 5.56. The van der Waals surface area contributed by atoms with Crippen molar-refractivity contribution < 1.29 is 9.18 Å². The minimum absolute atomic E-state index is 0.133. The standard InChI is InChI=1S/C18H28FNO/c1-2-3-4-5-6-7-8-9-12-15-20-18(21)16-13-10-11-14-17(16)19/h10-11,13-14H,2-9,12,15H2,1H3,(H,20,21). The van der Waals surface area contributed by atoms with Crippen LogP contribution in [0.4, 0.5) is 4.39 Å². The van der Waals surface area contributed by atoms with Crippen LogP contribution in [-0.2, 0) is 0 Å². The van der Waals surface area contributed by atoms with Gasteiger partial charge in [-0.15, -0.1) is 0 Å². The highest BCUT2D eigenvalue weighted by Gasteiger charge is 2.09. The summed E-state index contributed by atoms with van der Waals surface area (Å²) in [4.78, 5) is 11.7. The van der Waals surface area contributed by atoms with E-state index in [0.29, 0.717) is 6.54 Å². The minimum Gasteiger partial charge on any atom is -0.352 e. The van der Waals surface area contributed by atoms with E-state index in [0.717, 1.165) is 12.8 Å². The first kappa shape index (κ1) is 17.7. The number of hydrogen-bond acceptors (Lipinski definition) is 1. The average Bonchev–Trinajstić information content (AvgIpc) is 2.49. The van der Waals surface area contributed by atoms with E-state index in [4.69, 9.17) is 0 Å². The largest absolute Gasteiger partial charge is 0.352 e. The van der Waals surface area contributed by atoms with E-state index < -0.39 is 5.82 Å². The molecule has 0 saturated heterocycles. The molecule has 0 spiro atoms. The topological polar surface area (TPSA) is 29.1 Å². The highest BCUT2D eigenvalue weighted by Crippen LogP contribution is 2.09. The Kier molecular flexibility index (Phi) is 9.51. The zero-order valence-corrected chi connectivity index (χ0v) is 13.2. The van der Waals surface area contributed by atoms with Crippen LogP contribution in [0.3, 0.4) is 0 Å². The third-order valence-corrected chi connectivity index (χ3v) is 3.68. The molecular weight excluding hydrogens is 265 g/mol. The smallest absolute Gasteiger partial charge is 0.254 e. The Morgan fingerprint density at radius 2 is 1.52 bits per heavy atom. The molecule has 0 fully saturated rings. The lowest BCUT2D eigenvalue weighted by Crippen LogP contribution is -2.25. The Morgan fingerprint density at radius 1 is 0.952 bits per heavy atom. The van der Waals surface area contributed by atoms with E-state index in [1.807, 2.05) is 0 Å². The predicted octanol–water partition coefficient (Wildman–Crippen LogP) is 5.09. The number of carbonyl (C=O) groups is 1. The van der Waals surface area contributed by atoms with E-state index in [2.05, 4.69) is 12.2 Å². The summed E-state index contributed by atoms with van der Waals surface area (Å²) < 4.78 is 13.4. The van der Waals surface area contributed by atoms with Gasteiger partial charge >= 0.3 is 0 Å². The molecule has 0 heterocycles. The summed E-state index contributed by atoms with van der Waals surface area (Å²) in [5.74, 6) is -0.769. The summed E-state index contributed by atoms with van der Waals surface area (Å²) >= 11 is 0. The van der Waals surface area contributed by atoms with Crippen molar-refractivity contribution >= 4 is 5.91 Å². The number of amides is 1. The molecule has 1 aromatic carbocycles. The van der Waals surface area contributed by atoms with Crippen molar-refractivity contribution in [3.63, 3.8) is 0 Å². The molecule has 21 heavy (non-hydrogen) atoms. The van der Waals surface area contributed by atoms with Crippen molar-refractivity contribution in [3.05, 3.63) is 35.6 Å². The molecule has 0 bridgehead atoms. The summed E-state index contributed by atoms with van der Waals surface area (Å²) in [5, 5.41) is 2.78. The number of unbranched alkanes of at least 4 members (excludes halogenated alkanes) is 8. The van der Waals surface area contributed by atoms with Crippen LogP contribution < -0.4 is 5.32 Å². The van der Waals surface area contributed by atoms with Crippen molar-refractivity contribution in [2.75, 3.05) is 6.54 Å². The van der Waals surface area contributed by atoms with E-state index in [-0.39, 0.29) is 11.5 Å². The molecule has 1 N–H and O–H groups in total. The first-order valence-corrected chi connectivity index (χ1v) is 8.28. The van der Waals surface area contributed by atoms with Gasteiger partial charge in [0, 0.05) is 6.54 Å². The summed E-state index contributed by atoms with van der Waals surface area (Å²) in [7, 11) is 0. The molecule has 1 amide bonds. The van der Waals surface area contributed by atoms with Gasteiger partial charge in [0.05, 0.1) is 5.56 Å². The Balaban J connectivity index is 1.99. The lowest BCUT2D eigenvalue weighted by atomic mass is 10.1. The first-order valence-electron chi connectivity index (χ1n) is 8.28. The highest BCUT2D eigenvalue weighted by atomic mass is 19.1. The Bertz CT molecular complexity index is 406. The van der Waals surface area contributed by atoms with Gasteiger partial charge in [0.2, 0.25) is 0 Å². The molecule has 0 unspecified atom stereocenters. The molecule has 0 aliphatic rings. The zero-order chi connectivity index (χ0) is 15.3. The zero-order valence-electron chi connectivity index (χ0n) is 13.2. The van der Waals surface area contributed by atoms with Crippen LogP contribution in [0.25, 0.3) is 0 Å². The van der Waals surface area contributed by atoms with E-state index >= 15 is 0 Å². The molecule has 0 aliphatic heterocycles. The van der Waals surface area contributed by atoms with Crippen LogP contribution in [0.15, 0.2) is 24.3 Å². The number of benzene rings is 1. The van der Waals surface area contributed by atoms with E-state index in [1.54, 1.807) is 12.1 Å². The van der Waals surface area contributed by atoms with Gasteiger partial charge < -0.3 is 5.32 Å². The Hall–Kier alpha value is -1.38. The van der Waals surface area contributed by atoms with Gasteiger partial charge in [-0.2, -0.15) is 0 Å². The SMILES string of the molecule is CCCCCCCCCCCNC(=O)c1ccccc1F. The third-order valence-electron chi connectivity index (χ3n) is 3.68. The van der Waals surface area contributed by atoms with Gasteiger partial charge in [0.25, 0.3) is 5.91 Å². The Labute approximate surface area is 128 Å². The minimum atomic E-state index is -0.456. The van der Waals surface area contributed by atoms with Crippen LogP contribution >= 0.6 is 0 Å². The number of hydrogen-bond donors (Lipinski definition) is 1. The molecule has 118 valence electrons. The predicted molar refractivity (Wildman–Crippen MR) is 86.0 cm³/mol. The van der Waals surface area contributed by atoms with Crippen molar-refractivity contribution in [3.8, 4) is 0 Å². The van der Waals surface area contributed by atoms with Gasteiger partial charge in [0.15, 0.2) is 0 Å². The highest BCUT2D eigenvalue weighted by molar-refractivity contribution is 5.94. The van der Waals surface area contributed by atoms with Crippen molar-refractivity contribution in [1.29, 1.82) is 0 Å². The number of nitrogens with one attached hydrogen (secondary N) is 1. The lowest BCUT2D eigenvalue weighted by molar-refractivity contribution is 0.0949. The molecule has 1 aromatic rings. The number of rotatable bonds is 11. The summed E-state index contributed by atoms with van der Waals surface area (Å²) in [6.07, 6.45) is 11.3. The molecule has 0 saturated carbocycles. The quantitative estimate of drug-likeness (QED) is 0.566. The lowest BCUT2D eigenvalue weighted by Gasteiger charge is -2.06. The second kappa shape index (κ2) is 11.3. The summed E-state index contributed by atoms with van der Waals surface area (Å²) in [6, 6.07) is 6.09. The molecular formula is C18H28FNO. The van der Waals surface area contributed by atoms with Crippen molar-refractivity contribution in [2.45, 2.75) is 64.7 Å². The molecule has 2 nitrogen and oxygen atoms in total. The molecule has 0 aromatic heterocycles. The molecule has 3 heteroatoms. The van der Waals surface area contributed by atoms with Gasteiger partial charge in [-0.05, 0) is 18.6 Å². The van der Waals surface area contributed by atoms with Crippen LogP contribution in [0, 0.1) is 5.82 Å². The maximum absolute atomic E-state index is 13.4. The number of carbonyl (C=O) groups excluding carboxylic acids is 1. The van der Waals surface area contributed by atoms with E-state index in [1.165, 1.54) is 57.1 Å². The second-order valence-electron chi connectivity index (χ2n) is 5.56. The third kappa shape index (κ3) is 7.84. The fourth-order valence-electron chi connectivity index (χ4n) is 2.38. The molecule has 1 rings (SSSR count). The molecule has 0 radical (unpaired) electrons. The van der Waals surface area contributed by atoms with E-state index in [9.17, 15) is 9.18 Å². The fourth-order valence-corrected chi connectivity index (χ4v) is 2.38. The molecule has 0 aliphatic carbocycles. The molecule has 0 atom stereocenters. The number of halogens is 1. The van der Waals surface area contributed by atoms with Crippen LogP contribution in [-0.4, -0.2) is 12.5 Å². The monoisotopic (exact) mass is 293 g/mol. The van der Waals surface area contributed by atoms with Crippen LogP contribution in [0.5, 0.6) is 0 Å². The average molecular weight is 293 g/mol. The Morgan fingerprint density at radius 3 is 2.14 bits per heavy atom. The van der Waals surface area contributed by atoms with Crippen LogP contribution in [0.1, 0.15) is 75.1 Å².